The van der Waals surface area contributed by atoms with E-state index in [1.54, 1.807) is 24.1 Å². The Morgan fingerprint density at radius 1 is 1.30 bits per heavy atom. The number of benzene rings is 1. The maximum Gasteiger partial charge on any atom is 0.260 e. The summed E-state index contributed by atoms with van der Waals surface area (Å²) in [6.45, 7) is 1.24. The SMILES string of the molecule is COc1ccccc1OCC(=O)N1CCC(C=O)CC1. The number of rotatable bonds is 5. The first-order valence-corrected chi connectivity index (χ1v) is 6.73. The molecule has 0 N–H and O–H groups in total. The van der Waals surface area contributed by atoms with Crippen LogP contribution in [0.2, 0.25) is 0 Å². The summed E-state index contributed by atoms with van der Waals surface area (Å²) in [5, 5.41) is 0. The molecule has 1 heterocycles. The average Bonchev–Trinajstić information content (AvgIpc) is 2.53. The number of ether oxygens (including phenoxy) is 2. The Morgan fingerprint density at radius 2 is 1.95 bits per heavy atom. The second-order valence-electron chi connectivity index (χ2n) is 4.79. The molecule has 0 spiro atoms. The Labute approximate surface area is 118 Å². The van der Waals surface area contributed by atoms with Crippen LogP contribution < -0.4 is 9.47 Å². The summed E-state index contributed by atoms with van der Waals surface area (Å²) in [7, 11) is 1.56. The highest BCUT2D eigenvalue weighted by atomic mass is 16.5. The lowest BCUT2D eigenvalue weighted by atomic mass is 9.99. The van der Waals surface area contributed by atoms with Gasteiger partial charge in [-0.3, -0.25) is 4.79 Å². The minimum absolute atomic E-state index is 0.00781. The van der Waals surface area contributed by atoms with E-state index in [1.165, 1.54) is 0 Å². The molecule has 20 heavy (non-hydrogen) atoms. The summed E-state index contributed by atoms with van der Waals surface area (Å²) in [5.74, 6) is 1.21. The molecular weight excluding hydrogens is 258 g/mol. The number of carbonyl (C=O) groups excluding carboxylic acids is 2. The smallest absolute Gasteiger partial charge is 0.260 e. The van der Waals surface area contributed by atoms with Crippen LogP contribution in [0.5, 0.6) is 11.5 Å². The predicted molar refractivity (Wildman–Crippen MR) is 73.9 cm³/mol. The fourth-order valence-electron chi connectivity index (χ4n) is 2.25. The molecule has 2 rings (SSSR count). The average molecular weight is 277 g/mol. The number of amides is 1. The minimum Gasteiger partial charge on any atom is -0.493 e. The van der Waals surface area contributed by atoms with Gasteiger partial charge in [-0.05, 0) is 25.0 Å². The number of aldehydes is 1. The van der Waals surface area contributed by atoms with Crippen LogP contribution in [-0.2, 0) is 9.59 Å². The molecule has 1 amide bonds. The van der Waals surface area contributed by atoms with Crippen LogP contribution in [0.3, 0.4) is 0 Å². The molecule has 0 aromatic heterocycles. The molecule has 0 atom stereocenters. The van der Waals surface area contributed by atoms with Crippen molar-refractivity contribution in [3.05, 3.63) is 24.3 Å². The molecule has 1 aromatic carbocycles. The lowest BCUT2D eigenvalue weighted by Gasteiger charge is -2.29. The summed E-state index contributed by atoms with van der Waals surface area (Å²) in [5.41, 5.74) is 0. The van der Waals surface area contributed by atoms with Gasteiger partial charge in [0.2, 0.25) is 0 Å². The van der Waals surface area contributed by atoms with Gasteiger partial charge in [0, 0.05) is 19.0 Å². The molecular formula is C15H19NO4. The van der Waals surface area contributed by atoms with E-state index in [4.69, 9.17) is 9.47 Å². The van der Waals surface area contributed by atoms with Crippen molar-refractivity contribution in [2.45, 2.75) is 12.8 Å². The Kier molecular flexibility index (Phi) is 4.98. The first-order valence-electron chi connectivity index (χ1n) is 6.73. The topological polar surface area (TPSA) is 55.8 Å². The molecule has 108 valence electrons. The Balaban J connectivity index is 1.85. The first-order chi connectivity index (χ1) is 9.74. The fourth-order valence-corrected chi connectivity index (χ4v) is 2.25. The molecule has 5 nitrogen and oxygen atoms in total. The number of nitrogens with zero attached hydrogens (tertiary/aromatic N) is 1. The number of carbonyl (C=O) groups is 2. The highest BCUT2D eigenvalue weighted by Gasteiger charge is 2.22. The largest absolute Gasteiger partial charge is 0.493 e. The van der Waals surface area contributed by atoms with Gasteiger partial charge in [-0.1, -0.05) is 12.1 Å². The highest BCUT2D eigenvalue weighted by molar-refractivity contribution is 5.78. The van der Waals surface area contributed by atoms with Crippen LogP contribution in [0.25, 0.3) is 0 Å². The van der Waals surface area contributed by atoms with E-state index in [0.29, 0.717) is 24.6 Å². The molecule has 1 aliphatic rings. The molecule has 0 aliphatic carbocycles. The second-order valence-corrected chi connectivity index (χ2v) is 4.79. The van der Waals surface area contributed by atoms with Crippen LogP contribution in [0.1, 0.15) is 12.8 Å². The number of piperidine rings is 1. The van der Waals surface area contributed by atoms with Gasteiger partial charge in [0.05, 0.1) is 7.11 Å². The standard InChI is InChI=1S/C15H19NO4/c1-19-13-4-2-3-5-14(13)20-11-15(18)16-8-6-12(10-17)7-9-16/h2-5,10,12H,6-9,11H2,1H3. The Morgan fingerprint density at radius 3 is 2.55 bits per heavy atom. The summed E-state index contributed by atoms with van der Waals surface area (Å²) in [4.78, 5) is 24.5. The van der Waals surface area contributed by atoms with Gasteiger partial charge in [0.25, 0.3) is 5.91 Å². The van der Waals surface area contributed by atoms with Gasteiger partial charge in [0.1, 0.15) is 6.29 Å². The summed E-state index contributed by atoms with van der Waals surface area (Å²) in [6, 6.07) is 7.23. The Bertz CT molecular complexity index is 467. The number of likely N-dealkylation sites (tertiary alicyclic amines) is 1. The van der Waals surface area contributed by atoms with Gasteiger partial charge in [-0.2, -0.15) is 0 Å². The van der Waals surface area contributed by atoms with E-state index < -0.39 is 0 Å². The van der Waals surface area contributed by atoms with E-state index in [-0.39, 0.29) is 18.4 Å². The lowest BCUT2D eigenvalue weighted by Crippen LogP contribution is -2.41. The van der Waals surface area contributed by atoms with Gasteiger partial charge < -0.3 is 19.2 Å². The molecule has 1 aromatic rings. The van der Waals surface area contributed by atoms with E-state index in [9.17, 15) is 9.59 Å². The van der Waals surface area contributed by atoms with E-state index in [1.807, 2.05) is 12.1 Å². The predicted octanol–water partition coefficient (Wildman–Crippen LogP) is 1.51. The van der Waals surface area contributed by atoms with E-state index >= 15 is 0 Å². The van der Waals surface area contributed by atoms with Crippen LogP contribution in [0.15, 0.2) is 24.3 Å². The quantitative estimate of drug-likeness (QED) is 0.766. The van der Waals surface area contributed by atoms with E-state index in [0.717, 1.165) is 19.1 Å². The summed E-state index contributed by atoms with van der Waals surface area (Å²) >= 11 is 0. The highest BCUT2D eigenvalue weighted by Crippen LogP contribution is 2.25. The monoisotopic (exact) mass is 277 g/mol. The van der Waals surface area contributed by atoms with Gasteiger partial charge in [0.15, 0.2) is 18.1 Å². The zero-order valence-electron chi connectivity index (χ0n) is 11.6. The third-order valence-electron chi connectivity index (χ3n) is 3.50. The van der Waals surface area contributed by atoms with Crippen LogP contribution >= 0.6 is 0 Å². The number of hydrogen-bond acceptors (Lipinski definition) is 4. The number of para-hydroxylation sites is 2. The van der Waals surface area contributed by atoms with Crippen LogP contribution in [0, 0.1) is 5.92 Å². The van der Waals surface area contributed by atoms with Crippen molar-refractivity contribution >= 4 is 12.2 Å². The lowest BCUT2D eigenvalue weighted by molar-refractivity contribution is -0.135. The summed E-state index contributed by atoms with van der Waals surface area (Å²) in [6.07, 6.45) is 2.46. The molecule has 0 bridgehead atoms. The maximum atomic E-state index is 12.0. The van der Waals surface area contributed by atoms with Gasteiger partial charge >= 0.3 is 0 Å². The van der Waals surface area contributed by atoms with Crippen molar-refractivity contribution in [1.82, 2.24) is 4.90 Å². The molecule has 0 saturated carbocycles. The number of hydrogen-bond donors (Lipinski definition) is 0. The third-order valence-corrected chi connectivity index (χ3v) is 3.50. The number of methoxy groups -OCH3 is 1. The normalized spacial score (nSPS) is 15.8. The van der Waals surface area contributed by atoms with Crippen molar-refractivity contribution in [3.8, 4) is 11.5 Å². The molecule has 1 aliphatic heterocycles. The molecule has 1 saturated heterocycles. The molecule has 1 fully saturated rings. The molecule has 5 heteroatoms. The third kappa shape index (κ3) is 3.50. The zero-order valence-corrected chi connectivity index (χ0v) is 11.6. The van der Waals surface area contributed by atoms with Gasteiger partial charge in [-0.15, -0.1) is 0 Å². The summed E-state index contributed by atoms with van der Waals surface area (Å²) < 4.78 is 10.7. The van der Waals surface area contributed by atoms with Crippen molar-refractivity contribution in [1.29, 1.82) is 0 Å². The second kappa shape index (κ2) is 6.93. The van der Waals surface area contributed by atoms with Gasteiger partial charge in [-0.25, -0.2) is 0 Å². The fraction of sp³-hybridized carbons (Fsp3) is 0.467. The van der Waals surface area contributed by atoms with Crippen LogP contribution in [0.4, 0.5) is 0 Å². The van der Waals surface area contributed by atoms with Crippen molar-refractivity contribution in [2.75, 3.05) is 26.8 Å². The minimum atomic E-state index is -0.0553. The zero-order chi connectivity index (χ0) is 14.4. The van der Waals surface area contributed by atoms with Crippen molar-refractivity contribution < 1.29 is 19.1 Å². The van der Waals surface area contributed by atoms with Crippen LogP contribution in [-0.4, -0.2) is 43.9 Å². The van der Waals surface area contributed by atoms with Crippen molar-refractivity contribution in [2.24, 2.45) is 5.92 Å². The molecule has 0 radical (unpaired) electrons. The Hall–Kier alpha value is -2.04. The van der Waals surface area contributed by atoms with E-state index in [2.05, 4.69) is 0 Å². The molecule has 0 unspecified atom stereocenters. The first kappa shape index (κ1) is 14.4. The van der Waals surface area contributed by atoms with Crippen molar-refractivity contribution in [3.63, 3.8) is 0 Å². The maximum absolute atomic E-state index is 12.0.